The van der Waals surface area contributed by atoms with Crippen LogP contribution in [0, 0.1) is 6.92 Å². The molecule has 8 heteroatoms. The van der Waals surface area contributed by atoms with Gasteiger partial charge in [0.05, 0.1) is 22.4 Å². The number of amides is 1. The van der Waals surface area contributed by atoms with Gasteiger partial charge in [-0.05, 0) is 48.4 Å². The van der Waals surface area contributed by atoms with Gasteiger partial charge in [-0.1, -0.05) is 24.3 Å². The van der Waals surface area contributed by atoms with Crippen LogP contribution in [-0.4, -0.2) is 22.0 Å². The Hall–Kier alpha value is -3.81. The van der Waals surface area contributed by atoms with E-state index in [1.807, 2.05) is 0 Å². The minimum atomic E-state index is -4.50. The van der Waals surface area contributed by atoms with Crippen LogP contribution in [-0.2, 0) is 11.0 Å². The second-order valence-electron chi connectivity index (χ2n) is 6.90. The van der Waals surface area contributed by atoms with Gasteiger partial charge in [-0.2, -0.15) is 13.2 Å². The second-order valence-corrected chi connectivity index (χ2v) is 6.90. The number of aryl methyl sites for hydroxylation is 1. The maximum absolute atomic E-state index is 13.2. The number of hydrogen-bond donors (Lipinski definition) is 3. The van der Waals surface area contributed by atoms with Crippen molar-refractivity contribution in [2.75, 3.05) is 5.32 Å². The zero-order valence-electron chi connectivity index (χ0n) is 15.6. The molecule has 2 heterocycles. The lowest BCUT2D eigenvalue weighted by Crippen LogP contribution is -2.05. The van der Waals surface area contributed by atoms with Crippen molar-refractivity contribution in [3.05, 3.63) is 76.6 Å². The van der Waals surface area contributed by atoms with Gasteiger partial charge < -0.3 is 15.4 Å². The van der Waals surface area contributed by atoms with E-state index in [0.29, 0.717) is 28.1 Å². The van der Waals surface area contributed by atoms with Crippen LogP contribution in [0.15, 0.2) is 48.5 Å². The van der Waals surface area contributed by atoms with Crippen LogP contribution < -0.4 is 5.32 Å². The van der Waals surface area contributed by atoms with Crippen LogP contribution in [0.25, 0.3) is 22.8 Å². The molecule has 1 aliphatic heterocycles. The quantitative estimate of drug-likeness (QED) is 0.517. The van der Waals surface area contributed by atoms with E-state index in [0.717, 1.165) is 12.1 Å². The van der Waals surface area contributed by atoms with Gasteiger partial charge in [0, 0.05) is 16.9 Å². The number of aromatic carboxylic acids is 1. The molecule has 1 aliphatic rings. The first kappa shape index (κ1) is 19.5. The summed E-state index contributed by atoms with van der Waals surface area (Å²) in [5.41, 5.74) is 1.80. The molecule has 0 radical (unpaired) electrons. The summed E-state index contributed by atoms with van der Waals surface area (Å²) < 4.78 is 39.5. The number of fused-ring (bicyclic) bond motifs is 1. The number of anilines is 1. The second kappa shape index (κ2) is 6.91. The molecule has 5 nitrogen and oxygen atoms in total. The Morgan fingerprint density at radius 1 is 1.10 bits per heavy atom. The number of aromatic amines is 1. The maximum atomic E-state index is 13.2. The van der Waals surface area contributed by atoms with Gasteiger partial charge in [0.25, 0.3) is 5.91 Å². The molecule has 30 heavy (non-hydrogen) atoms. The summed E-state index contributed by atoms with van der Waals surface area (Å²) in [7, 11) is 0. The van der Waals surface area contributed by atoms with E-state index in [2.05, 4.69) is 10.3 Å². The number of hydrogen-bond acceptors (Lipinski definition) is 2. The first-order valence-corrected chi connectivity index (χ1v) is 8.92. The van der Waals surface area contributed by atoms with Crippen molar-refractivity contribution in [3.8, 4) is 11.1 Å². The topological polar surface area (TPSA) is 82.2 Å². The SMILES string of the molecule is Cc1cc(C(=O)O)c(C=C2C(=O)Nc3cccc(-c4cccc(C(F)(F)F)c4)c32)[nH]1. The number of aromatic nitrogens is 1. The van der Waals surface area contributed by atoms with E-state index < -0.39 is 23.6 Å². The Morgan fingerprint density at radius 3 is 2.53 bits per heavy atom. The Balaban J connectivity index is 1.91. The normalized spacial score (nSPS) is 14.7. The maximum Gasteiger partial charge on any atom is 0.416 e. The van der Waals surface area contributed by atoms with Crippen LogP contribution in [0.5, 0.6) is 0 Å². The fraction of sp³-hybridized carbons (Fsp3) is 0.0909. The number of alkyl halides is 3. The molecule has 0 saturated carbocycles. The monoisotopic (exact) mass is 412 g/mol. The predicted molar refractivity (Wildman–Crippen MR) is 106 cm³/mol. The Bertz CT molecular complexity index is 1220. The number of carbonyl (C=O) groups is 2. The molecule has 0 saturated heterocycles. The highest BCUT2D eigenvalue weighted by molar-refractivity contribution is 6.36. The molecule has 2 aromatic carbocycles. The summed E-state index contributed by atoms with van der Waals surface area (Å²) in [6.07, 6.45) is -3.09. The fourth-order valence-corrected chi connectivity index (χ4v) is 3.54. The third-order valence-electron chi connectivity index (χ3n) is 4.83. The fourth-order valence-electron chi connectivity index (χ4n) is 3.54. The average Bonchev–Trinajstić information content (AvgIpc) is 3.21. The van der Waals surface area contributed by atoms with Crippen molar-refractivity contribution in [2.24, 2.45) is 0 Å². The first-order valence-electron chi connectivity index (χ1n) is 8.92. The van der Waals surface area contributed by atoms with Gasteiger partial charge in [0.2, 0.25) is 0 Å². The Morgan fingerprint density at radius 2 is 1.83 bits per heavy atom. The summed E-state index contributed by atoms with van der Waals surface area (Å²) in [6, 6.07) is 11.2. The smallest absolute Gasteiger partial charge is 0.416 e. The molecule has 152 valence electrons. The highest BCUT2D eigenvalue weighted by Gasteiger charge is 2.32. The van der Waals surface area contributed by atoms with E-state index in [4.69, 9.17) is 0 Å². The van der Waals surface area contributed by atoms with E-state index in [1.165, 1.54) is 24.3 Å². The van der Waals surface area contributed by atoms with Crippen LogP contribution in [0.4, 0.5) is 18.9 Å². The number of carboxylic acids is 1. The molecule has 1 amide bonds. The highest BCUT2D eigenvalue weighted by atomic mass is 19.4. The molecule has 0 aliphatic carbocycles. The largest absolute Gasteiger partial charge is 0.478 e. The van der Waals surface area contributed by atoms with Crippen molar-refractivity contribution in [1.82, 2.24) is 4.98 Å². The third-order valence-corrected chi connectivity index (χ3v) is 4.83. The number of nitrogens with one attached hydrogen (secondary N) is 2. The lowest BCUT2D eigenvalue weighted by molar-refractivity contribution is -0.137. The van der Waals surface area contributed by atoms with E-state index >= 15 is 0 Å². The van der Waals surface area contributed by atoms with Gasteiger partial charge in [-0.15, -0.1) is 0 Å². The molecular formula is C22H15F3N2O3. The molecular weight excluding hydrogens is 397 g/mol. The van der Waals surface area contributed by atoms with Gasteiger partial charge >= 0.3 is 12.1 Å². The number of H-pyrrole nitrogens is 1. The summed E-state index contributed by atoms with van der Waals surface area (Å²) in [5.74, 6) is -1.62. The molecule has 0 fully saturated rings. The van der Waals surface area contributed by atoms with Gasteiger partial charge in [0.15, 0.2) is 0 Å². The van der Waals surface area contributed by atoms with Crippen molar-refractivity contribution >= 4 is 29.2 Å². The van der Waals surface area contributed by atoms with Crippen LogP contribution in [0.3, 0.4) is 0 Å². The van der Waals surface area contributed by atoms with Gasteiger partial charge in [-0.25, -0.2) is 4.79 Å². The summed E-state index contributed by atoms with van der Waals surface area (Å²) in [5, 5.41) is 12.1. The summed E-state index contributed by atoms with van der Waals surface area (Å²) in [6.45, 7) is 1.69. The standard InChI is InChI=1S/C22H15F3N2O3/c1-11-8-15(21(29)30)18(26-11)10-16-19-14(6-3-7-17(19)27-20(16)28)12-4-2-5-13(9-12)22(23,24)25/h2-10,26H,1H3,(H,27,28)(H,29,30). The van der Waals surface area contributed by atoms with Crippen molar-refractivity contribution in [1.29, 1.82) is 0 Å². The molecule has 4 rings (SSSR count). The molecule has 3 N–H and O–H groups in total. The minimum absolute atomic E-state index is 0.00204. The zero-order chi connectivity index (χ0) is 21.6. The molecule has 1 aromatic heterocycles. The molecule has 3 aromatic rings. The molecule has 0 unspecified atom stereocenters. The molecule has 0 atom stereocenters. The summed E-state index contributed by atoms with van der Waals surface area (Å²) >= 11 is 0. The Labute approximate surface area is 168 Å². The minimum Gasteiger partial charge on any atom is -0.478 e. The molecule has 0 spiro atoms. The number of rotatable bonds is 3. The summed E-state index contributed by atoms with van der Waals surface area (Å²) in [4.78, 5) is 27.0. The number of carboxylic acid groups (broad SMARTS) is 1. The van der Waals surface area contributed by atoms with E-state index in [9.17, 15) is 27.9 Å². The van der Waals surface area contributed by atoms with Crippen molar-refractivity contribution < 1.29 is 27.9 Å². The number of carbonyl (C=O) groups excluding carboxylic acids is 1. The number of halogens is 3. The van der Waals surface area contributed by atoms with Crippen LogP contribution >= 0.6 is 0 Å². The van der Waals surface area contributed by atoms with Crippen molar-refractivity contribution in [3.63, 3.8) is 0 Å². The van der Waals surface area contributed by atoms with E-state index in [1.54, 1.807) is 25.1 Å². The first-order chi connectivity index (χ1) is 14.1. The van der Waals surface area contributed by atoms with E-state index in [-0.39, 0.29) is 16.8 Å². The molecule has 0 bridgehead atoms. The highest BCUT2D eigenvalue weighted by Crippen LogP contribution is 2.41. The van der Waals surface area contributed by atoms with Crippen molar-refractivity contribution in [2.45, 2.75) is 13.1 Å². The lowest BCUT2D eigenvalue weighted by atomic mass is 9.93. The predicted octanol–water partition coefficient (Wildman–Crippen LogP) is 5.20. The Kier molecular flexibility index (Phi) is 4.49. The third kappa shape index (κ3) is 3.36. The zero-order valence-corrected chi connectivity index (χ0v) is 15.6. The average molecular weight is 412 g/mol. The van der Waals surface area contributed by atoms with Crippen LogP contribution in [0.1, 0.15) is 32.9 Å². The number of benzene rings is 2. The van der Waals surface area contributed by atoms with Gasteiger partial charge in [0.1, 0.15) is 0 Å². The lowest BCUT2D eigenvalue weighted by Gasteiger charge is -2.12. The van der Waals surface area contributed by atoms with Crippen LogP contribution in [0.2, 0.25) is 0 Å². The van der Waals surface area contributed by atoms with Gasteiger partial charge in [-0.3, -0.25) is 4.79 Å².